The van der Waals surface area contributed by atoms with Gasteiger partial charge in [-0.3, -0.25) is 4.79 Å². The fourth-order valence-electron chi connectivity index (χ4n) is 1.11. The molecule has 3 N–H and O–H groups in total. The maximum atomic E-state index is 11.4. The van der Waals surface area contributed by atoms with Crippen molar-refractivity contribution >= 4 is 5.91 Å². The third-order valence-corrected chi connectivity index (χ3v) is 1.81. The van der Waals surface area contributed by atoms with Crippen LogP contribution < -0.4 is 5.32 Å². The van der Waals surface area contributed by atoms with Gasteiger partial charge in [-0.2, -0.15) is 5.10 Å². The number of fused-ring (bicyclic) bond motifs is 1. The van der Waals surface area contributed by atoms with Crippen LogP contribution in [0.15, 0.2) is 12.4 Å². The van der Waals surface area contributed by atoms with E-state index in [2.05, 4.69) is 25.5 Å². The van der Waals surface area contributed by atoms with Crippen LogP contribution in [0.1, 0.15) is 10.6 Å². The van der Waals surface area contributed by atoms with Gasteiger partial charge in [0.2, 0.25) is 0 Å². The number of carbonyl (C=O) groups is 1. The number of amides is 1. The highest BCUT2D eigenvalue weighted by Crippen LogP contribution is 2.12. The standard InChI is InChI=1S/C8H9N5O2/c14-2-1-9-8(15)7-10-3-5-4-11-13-6(5)12-7/h3-4,14H,1-2H2,(H,9,15)(H,10,11,12,13). The van der Waals surface area contributed by atoms with E-state index >= 15 is 0 Å². The lowest BCUT2D eigenvalue weighted by molar-refractivity contribution is 0.0934. The molecule has 7 nitrogen and oxygen atoms in total. The number of hydrogen-bond acceptors (Lipinski definition) is 5. The van der Waals surface area contributed by atoms with E-state index in [0.717, 1.165) is 5.56 Å². The van der Waals surface area contributed by atoms with Crippen LogP contribution >= 0.6 is 0 Å². The lowest BCUT2D eigenvalue weighted by Gasteiger charge is -2.03. The summed E-state index contributed by atoms with van der Waals surface area (Å²) in [6.45, 7) is 0.0866. The fourth-order valence-corrected chi connectivity index (χ4v) is 1.11. The summed E-state index contributed by atoms with van der Waals surface area (Å²) >= 11 is 0. The summed E-state index contributed by atoms with van der Waals surface area (Å²) in [5.74, 6) is 0.282. The average Bonchev–Trinajstić information content (AvgIpc) is 2.72. The number of nitrogens with zero attached hydrogens (tertiary/aromatic N) is 3. The van der Waals surface area contributed by atoms with Crippen LogP contribution in [-0.4, -0.2) is 44.3 Å². The third kappa shape index (κ3) is 1.91. The molecule has 0 saturated carbocycles. The maximum Gasteiger partial charge on any atom is 0.287 e. The molecule has 0 unspecified atom stereocenters. The molecule has 78 valence electrons. The van der Waals surface area contributed by atoms with Gasteiger partial charge in [-0.05, 0) is 0 Å². The van der Waals surface area contributed by atoms with Crippen molar-refractivity contribution in [2.24, 2.45) is 0 Å². The number of nitrogens with one attached hydrogen (secondary N) is 2. The molecular formula is C8H9N5O2. The van der Waals surface area contributed by atoms with E-state index in [1.165, 1.54) is 6.20 Å². The third-order valence-electron chi connectivity index (χ3n) is 1.81. The summed E-state index contributed by atoms with van der Waals surface area (Å²) in [6, 6.07) is 0. The van der Waals surface area contributed by atoms with Crippen LogP contribution in [0, 0.1) is 0 Å². The predicted molar refractivity (Wildman–Crippen MR) is 50.2 cm³/mol. The molecule has 15 heavy (non-hydrogen) atoms. The molecule has 2 aliphatic heterocycles. The van der Waals surface area contributed by atoms with Crippen molar-refractivity contribution in [3.8, 4) is 11.4 Å². The molecule has 2 heterocycles. The van der Waals surface area contributed by atoms with E-state index in [1.54, 1.807) is 6.20 Å². The van der Waals surface area contributed by atoms with E-state index in [0.29, 0.717) is 5.82 Å². The summed E-state index contributed by atoms with van der Waals surface area (Å²) < 4.78 is 0. The number of hydrogen-bond donors (Lipinski definition) is 3. The van der Waals surface area contributed by atoms with Crippen molar-refractivity contribution in [1.29, 1.82) is 0 Å². The van der Waals surface area contributed by atoms with Crippen LogP contribution in [-0.2, 0) is 0 Å². The molecular weight excluding hydrogens is 198 g/mol. The van der Waals surface area contributed by atoms with E-state index in [-0.39, 0.29) is 24.9 Å². The Kier molecular flexibility index (Phi) is 2.55. The Morgan fingerprint density at radius 1 is 1.53 bits per heavy atom. The van der Waals surface area contributed by atoms with Crippen molar-refractivity contribution in [2.75, 3.05) is 13.2 Å². The van der Waals surface area contributed by atoms with E-state index in [1.807, 2.05) is 0 Å². The number of rotatable bonds is 3. The lowest BCUT2D eigenvalue weighted by Crippen LogP contribution is -2.28. The minimum Gasteiger partial charge on any atom is -0.395 e. The van der Waals surface area contributed by atoms with Gasteiger partial charge in [0.25, 0.3) is 5.91 Å². The van der Waals surface area contributed by atoms with Crippen LogP contribution in [0.4, 0.5) is 0 Å². The summed E-state index contributed by atoms with van der Waals surface area (Å²) in [6.07, 6.45) is 3.06. The largest absolute Gasteiger partial charge is 0.395 e. The Balaban J connectivity index is 2.21. The molecule has 2 aliphatic rings. The first-order valence-electron chi connectivity index (χ1n) is 4.36. The zero-order chi connectivity index (χ0) is 10.7. The smallest absolute Gasteiger partial charge is 0.287 e. The predicted octanol–water partition coefficient (Wildman–Crippen LogP) is -0.973. The Labute approximate surface area is 84.9 Å². The highest BCUT2D eigenvalue weighted by Gasteiger charge is 2.12. The van der Waals surface area contributed by atoms with Gasteiger partial charge < -0.3 is 15.4 Å². The summed E-state index contributed by atoms with van der Waals surface area (Å²) in [7, 11) is 0. The second-order valence-electron chi connectivity index (χ2n) is 2.86. The minimum absolute atomic E-state index is 0.107. The maximum absolute atomic E-state index is 11.4. The Hall–Kier alpha value is -2.02. The lowest BCUT2D eigenvalue weighted by atomic mass is 10.3. The summed E-state index contributed by atoms with van der Waals surface area (Å²) in [5.41, 5.74) is 0.744. The molecule has 7 heteroatoms. The number of aromatic amines is 1. The zero-order valence-corrected chi connectivity index (χ0v) is 7.77. The molecule has 0 atom stereocenters. The van der Waals surface area contributed by atoms with Gasteiger partial charge in [0, 0.05) is 12.7 Å². The second-order valence-corrected chi connectivity index (χ2v) is 2.86. The van der Waals surface area contributed by atoms with Crippen molar-refractivity contribution in [3.05, 3.63) is 18.2 Å². The molecule has 0 spiro atoms. The Morgan fingerprint density at radius 2 is 2.40 bits per heavy atom. The van der Waals surface area contributed by atoms with Crippen LogP contribution in [0.25, 0.3) is 11.4 Å². The van der Waals surface area contributed by atoms with Gasteiger partial charge in [0.15, 0.2) is 11.6 Å². The van der Waals surface area contributed by atoms with Gasteiger partial charge in [-0.15, -0.1) is 5.10 Å². The second kappa shape index (κ2) is 4.01. The molecule has 0 aromatic carbocycles. The number of carbonyl (C=O) groups excluding carboxylic acids is 1. The van der Waals surface area contributed by atoms with Crippen molar-refractivity contribution < 1.29 is 9.90 Å². The molecule has 0 aromatic heterocycles. The van der Waals surface area contributed by atoms with Gasteiger partial charge in [-0.1, -0.05) is 0 Å². The number of aliphatic hydroxyl groups is 1. The van der Waals surface area contributed by atoms with Crippen molar-refractivity contribution in [2.45, 2.75) is 0 Å². The van der Waals surface area contributed by atoms with E-state index in [9.17, 15) is 4.79 Å². The summed E-state index contributed by atoms with van der Waals surface area (Å²) in [4.78, 5) is 18.0. The Bertz CT molecular complexity index is 441. The van der Waals surface area contributed by atoms with E-state index < -0.39 is 0 Å². The molecule has 0 aliphatic carbocycles. The van der Waals surface area contributed by atoms with E-state index in [4.69, 9.17) is 5.11 Å². The normalized spacial score (nSPS) is 10.5. The van der Waals surface area contributed by atoms with Gasteiger partial charge in [-0.25, -0.2) is 4.98 Å². The molecule has 0 saturated heterocycles. The highest BCUT2D eigenvalue weighted by atomic mass is 16.3. The molecule has 0 bridgehead atoms. The minimum atomic E-state index is -0.381. The molecule has 0 fully saturated rings. The molecule has 0 aromatic rings. The van der Waals surface area contributed by atoms with Gasteiger partial charge >= 0.3 is 0 Å². The van der Waals surface area contributed by atoms with Crippen molar-refractivity contribution in [1.82, 2.24) is 25.5 Å². The topological polar surface area (TPSA) is 104 Å². The first kappa shape index (κ1) is 9.53. The van der Waals surface area contributed by atoms with Crippen molar-refractivity contribution in [3.63, 3.8) is 0 Å². The molecule has 2 rings (SSSR count). The van der Waals surface area contributed by atoms with Crippen LogP contribution in [0.3, 0.4) is 0 Å². The highest BCUT2D eigenvalue weighted by molar-refractivity contribution is 5.90. The number of aromatic nitrogens is 4. The number of H-pyrrole nitrogens is 1. The molecule has 0 radical (unpaired) electrons. The average molecular weight is 207 g/mol. The Morgan fingerprint density at radius 3 is 3.20 bits per heavy atom. The number of aliphatic hydroxyl groups excluding tert-OH is 1. The first-order chi connectivity index (χ1) is 7.31. The molecule has 1 amide bonds. The monoisotopic (exact) mass is 207 g/mol. The van der Waals surface area contributed by atoms with Gasteiger partial charge in [0.05, 0.1) is 18.4 Å². The zero-order valence-electron chi connectivity index (χ0n) is 7.77. The van der Waals surface area contributed by atoms with Gasteiger partial charge in [0.1, 0.15) is 0 Å². The quantitative estimate of drug-likeness (QED) is 0.600. The van der Waals surface area contributed by atoms with Crippen LogP contribution in [0.2, 0.25) is 0 Å². The SMILES string of the molecule is O=C(NCCO)c1ncc2cnnc-2[nH]1. The first-order valence-corrected chi connectivity index (χ1v) is 4.36. The fraction of sp³-hybridized carbons (Fsp3) is 0.250. The van der Waals surface area contributed by atoms with Crippen LogP contribution in [0.5, 0.6) is 0 Å². The summed E-state index contributed by atoms with van der Waals surface area (Å²) in [5, 5.41) is 18.4.